The van der Waals surface area contributed by atoms with Crippen LogP contribution in [0.1, 0.15) is 36.5 Å². The molecular formula is C12H19NO. The summed E-state index contributed by atoms with van der Waals surface area (Å²) in [5, 5.41) is 0. The number of ether oxygens (including phenoxy) is 1. The molecule has 0 aromatic heterocycles. The Hall–Kier alpha value is -1.02. The second kappa shape index (κ2) is 4.47. The average molecular weight is 193 g/mol. The van der Waals surface area contributed by atoms with Crippen molar-refractivity contribution in [1.29, 1.82) is 0 Å². The molecule has 0 saturated heterocycles. The lowest BCUT2D eigenvalue weighted by molar-refractivity contribution is 0.325. The van der Waals surface area contributed by atoms with Gasteiger partial charge in [0, 0.05) is 0 Å². The minimum atomic E-state index is 0.239. The molecule has 0 saturated carbocycles. The van der Waals surface area contributed by atoms with E-state index in [1.165, 1.54) is 16.7 Å². The monoisotopic (exact) mass is 193 g/mol. The second-order valence-corrected chi connectivity index (χ2v) is 3.95. The second-order valence-electron chi connectivity index (χ2n) is 3.95. The highest BCUT2D eigenvalue weighted by atomic mass is 16.5. The van der Waals surface area contributed by atoms with Crippen molar-refractivity contribution in [3.05, 3.63) is 28.8 Å². The zero-order valence-electron chi connectivity index (χ0n) is 9.42. The fourth-order valence-corrected chi connectivity index (χ4v) is 1.63. The van der Waals surface area contributed by atoms with Gasteiger partial charge in [-0.2, -0.15) is 0 Å². The summed E-state index contributed by atoms with van der Waals surface area (Å²) in [4.78, 5) is 0. The zero-order chi connectivity index (χ0) is 10.7. The van der Waals surface area contributed by atoms with Crippen LogP contribution in [0.3, 0.4) is 0 Å². The van der Waals surface area contributed by atoms with Crippen molar-refractivity contribution in [3.63, 3.8) is 0 Å². The number of hydrogen-bond acceptors (Lipinski definition) is 2. The van der Waals surface area contributed by atoms with Gasteiger partial charge in [0.2, 0.25) is 0 Å². The number of aryl methyl sites for hydroxylation is 2. The van der Waals surface area contributed by atoms with Crippen LogP contribution < -0.4 is 10.5 Å². The highest BCUT2D eigenvalue weighted by molar-refractivity contribution is 5.44. The van der Waals surface area contributed by atoms with Gasteiger partial charge in [-0.3, -0.25) is 5.73 Å². The van der Waals surface area contributed by atoms with Crippen LogP contribution in [0, 0.1) is 13.8 Å². The first kappa shape index (κ1) is 11.1. The van der Waals surface area contributed by atoms with Crippen molar-refractivity contribution in [2.24, 2.45) is 5.73 Å². The molecule has 0 bridgehead atoms. The van der Waals surface area contributed by atoms with Gasteiger partial charge in [0.25, 0.3) is 0 Å². The fourth-order valence-electron chi connectivity index (χ4n) is 1.63. The molecule has 14 heavy (non-hydrogen) atoms. The lowest BCUT2D eigenvalue weighted by Gasteiger charge is -2.14. The Labute approximate surface area is 86.1 Å². The fraction of sp³-hybridized carbons (Fsp3) is 0.500. The molecule has 0 spiro atoms. The molecule has 0 radical (unpaired) electrons. The summed E-state index contributed by atoms with van der Waals surface area (Å²) in [5.41, 5.74) is 9.06. The largest absolute Gasteiger partial charge is 0.478 e. The molecule has 0 aliphatic rings. The lowest BCUT2D eigenvalue weighted by Crippen LogP contribution is -2.09. The molecule has 2 nitrogen and oxygen atoms in total. The van der Waals surface area contributed by atoms with Gasteiger partial charge in [-0.15, -0.1) is 0 Å². The van der Waals surface area contributed by atoms with Gasteiger partial charge in [-0.25, -0.2) is 0 Å². The maximum Gasteiger partial charge on any atom is 0.137 e. The third-order valence-electron chi connectivity index (χ3n) is 2.38. The van der Waals surface area contributed by atoms with E-state index in [9.17, 15) is 0 Å². The minimum Gasteiger partial charge on any atom is -0.478 e. The van der Waals surface area contributed by atoms with Crippen LogP contribution >= 0.6 is 0 Å². The number of nitrogens with two attached hydrogens (primary N) is 1. The quantitative estimate of drug-likeness (QED) is 0.749. The first-order valence-corrected chi connectivity index (χ1v) is 5.00. The Bertz CT molecular complexity index is 295. The number of rotatable bonds is 3. The lowest BCUT2D eigenvalue weighted by atomic mass is 9.98. The molecule has 2 heteroatoms. The van der Waals surface area contributed by atoms with E-state index in [1.54, 1.807) is 0 Å². The van der Waals surface area contributed by atoms with Gasteiger partial charge in [0.05, 0.1) is 0 Å². The van der Waals surface area contributed by atoms with Crippen LogP contribution in [0.2, 0.25) is 0 Å². The van der Waals surface area contributed by atoms with Crippen LogP contribution in [0.4, 0.5) is 0 Å². The van der Waals surface area contributed by atoms with Crippen molar-refractivity contribution in [3.8, 4) is 5.75 Å². The molecule has 0 amide bonds. The minimum absolute atomic E-state index is 0.239. The Morgan fingerprint density at radius 1 is 1.21 bits per heavy atom. The van der Waals surface area contributed by atoms with Gasteiger partial charge in [0.1, 0.15) is 12.5 Å². The summed E-state index contributed by atoms with van der Waals surface area (Å²) in [7, 11) is 0. The topological polar surface area (TPSA) is 35.2 Å². The predicted molar refractivity (Wildman–Crippen MR) is 59.7 cm³/mol. The van der Waals surface area contributed by atoms with Gasteiger partial charge < -0.3 is 4.74 Å². The van der Waals surface area contributed by atoms with E-state index in [0.29, 0.717) is 5.92 Å². The van der Waals surface area contributed by atoms with Crippen molar-refractivity contribution in [2.75, 3.05) is 6.73 Å². The van der Waals surface area contributed by atoms with Crippen molar-refractivity contribution < 1.29 is 4.74 Å². The highest BCUT2D eigenvalue weighted by Gasteiger charge is 2.07. The van der Waals surface area contributed by atoms with Crippen LogP contribution in [0.15, 0.2) is 12.1 Å². The summed E-state index contributed by atoms with van der Waals surface area (Å²) < 4.78 is 5.38. The molecule has 0 fully saturated rings. The molecule has 0 atom stereocenters. The van der Waals surface area contributed by atoms with Crippen LogP contribution in [-0.4, -0.2) is 6.73 Å². The number of benzene rings is 1. The van der Waals surface area contributed by atoms with E-state index < -0.39 is 0 Å². The van der Waals surface area contributed by atoms with Crippen molar-refractivity contribution >= 4 is 0 Å². The molecule has 0 unspecified atom stereocenters. The van der Waals surface area contributed by atoms with Crippen molar-refractivity contribution in [2.45, 2.75) is 33.6 Å². The van der Waals surface area contributed by atoms with Crippen LogP contribution in [0.25, 0.3) is 0 Å². The Morgan fingerprint density at radius 2 is 1.71 bits per heavy atom. The Morgan fingerprint density at radius 3 is 2.07 bits per heavy atom. The van der Waals surface area contributed by atoms with E-state index in [0.717, 1.165) is 5.75 Å². The highest BCUT2D eigenvalue weighted by Crippen LogP contribution is 2.27. The van der Waals surface area contributed by atoms with E-state index >= 15 is 0 Å². The molecule has 0 aliphatic carbocycles. The molecule has 1 aromatic rings. The first-order valence-electron chi connectivity index (χ1n) is 5.00. The molecule has 1 aromatic carbocycles. The molecule has 0 aliphatic heterocycles. The van der Waals surface area contributed by atoms with E-state index in [1.807, 2.05) is 0 Å². The van der Waals surface area contributed by atoms with Crippen LogP contribution in [0.5, 0.6) is 5.75 Å². The van der Waals surface area contributed by atoms with E-state index in [-0.39, 0.29) is 6.73 Å². The average Bonchev–Trinajstić information content (AvgIpc) is 2.10. The molecular weight excluding hydrogens is 174 g/mol. The maximum atomic E-state index is 5.38. The summed E-state index contributed by atoms with van der Waals surface area (Å²) >= 11 is 0. The third-order valence-corrected chi connectivity index (χ3v) is 2.38. The maximum absolute atomic E-state index is 5.38. The summed E-state index contributed by atoms with van der Waals surface area (Å²) in [5.74, 6) is 1.48. The molecule has 78 valence electrons. The van der Waals surface area contributed by atoms with Gasteiger partial charge in [-0.05, 0) is 36.5 Å². The van der Waals surface area contributed by atoms with Crippen molar-refractivity contribution in [1.82, 2.24) is 0 Å². The molecule has 2 N–H and O–H groups in total. The third kappa shape index (κ3) is 2.26. The van der Waals surface area contributed by atoms with Gasteiger partial charge >= 0.3 is 0 Å². The summed E-state index contributed by atoms with van der Waals surface area (Å²) in [6.45, 7) is 8.74. The summed E-state index contributed by atoms with van der Waals surface area (Å²) in [6.07, 6.45) is 0. The smallest absolute Gasteiger partial charge is 0.137 e. The summed E-state index contributed by atoms with van der Waals surface area (Å²) in [6, 6.07) is 4.34. The van der Waals surface area contributed by atoms with E-state index in [2.05, 4.69) is 39.8 Å². The molecule has 1 rings (SSSR count). The zero-order valence-corrected chi connectivity index (χ0v) is 9.42. The van der Waals surface area contributed by atoms with E-state index in [4.69, 9.17) is 10.5 Å². The first-order chi connectivity index (χ1) is 6.56. The van der Waals surface area contributed by atoms with Gasteiger partial charge in [0.15, 0.2) is 0 Å². The SMILES string of the molecule is Cc1cc(C(C)C)cc(C)c1OCN. The Kier molecular flexibility index (Phi) is 3.53. The predicted octanol–water partition coefficient (Wildman–Crippen LogP) is 2.72. The normalized spacial score (nSPS) is 10.7. The molecule has 0 heterocycles. The standard InChI is InChI=1S/C12H19NO/c1-8(2)11-5-9(3)12(14-7-13)10(4)6-11/h5-6,8H,7,13H2,1-4H3. The van der Waals surface area contributed by atoms with Gasteiger partial charge in [-0.1, -0.05) is 26.0 Å². The Balaban J connectivity index is 3.11. The van der Waals surface area contributed by atoms with Crippen LogP contribution in [-0.2, 0) is 0 Å². The number of hydrogen-bond donors (Lipinski definition) is 1.